The highest BCUT2D eigenvalue weighted by Crippen LogP contribution is 2.25. The Morgan fingerprint density at radius 2 is 2.17 bits per heavy atom. The molecule has 1 fully saturated rings. The minimum Gasteiger partial charge on any atom is -0.295 e. The van der Waals surface area contributed by atoms with E-state index in [1.165, 1.54) is 24.8 Å². The van der Waals surface area contributed by atoms with Crippen molar-refractivity contribution in [3.05, 3.63) is 11.6 Å². The van der Waals surface area contributed by atoms with Crippen molar-refractivity contribution in [2.75, 3.05) is 0 Å². The quantitative estimate of drug-likeness (QED) is 0.432. The van der Waals surface area contributed by atoms with Crippen LogP contribution in [-0.4, -0.2) is 5.78 Å². The van der Waals surface area contributed by atoms with Gasteiger partial charge in [-0.1, -0.05) is 18.9 Å². The third-order valence-electron chi connectivity index (χ3n) is 2.56. The van der Waals surface area contributed by atoms with Crippen LogP contribution in [0, 0.1) is 5.92 Å². The van der Waals surface area contributed by atoms with E-state index in [4.69, 9.17) is 0 Å². The number of ketones is 1. The zero-order chi connectivity index (χ0) is 8.97. The molecule has 12 heavy (non-hydrogen) atoms. The molecule has 0 aromatic carbocycles. The molecule has 0 bridgehead atoms. The van der Waals surface area contributed by atoms with Crippen molar-refractivity contribution in [2.24, 2.45) is 5.92 Å². The summed E-state index contributed by atoms with van der Waals surface area (Å²) in [7, 11) is 0. The van der Waals surface area contributed by atoms with E-state index < -0.39 is 0 Å². The van der Waals surface area contributed by atoms with Crippen LogP contribution in [0.15, 0.2) is 11.6 Å². The molecule has 1 nitrogen and oxygen atoms in total. The van der Waals surface area contributed by atoms with E-state index in [9.17, 15) is 4.79 Å². The number of carbonyl (C=O) groups is 1. The number of rotatable bonds is 1. The lowest BCUT2D eigenvalue weighted by atomic mass is 10.0. The fourth-order valence-electron chi connectivity index (χ4n) is 1.81. The summed E-state index contributed by atoms with van der Waals surface area (Å²) in [6.07, 6.45) is 7.97. The summed E-state index contributed by atoms with van der Waals surface area (Å²) >= 11 is 0. The van der Waals surface area contributed by atoms with Gasteiger partial charge in [0.25, 0.3) is 0 Å². The minimum absolute atomic E-state index is 0.208. The summed E-state index contributed by atoms with van der Waals surface area (Å²) in [5, 5.41) is 0. The van der Waals surface area contributed by atoms with E-state index in [1.807, 2.05) is 6.08 Å². The van der Waals surface area contributed by atoms with Gasteiger partial charge in [-0.05, 0) is 44.6 Å². The Hall–Kier alpha value is -0.590. The first-order valence-corrected chi connectivity index (χ1v) is 4.88. The standard InChI is InChI=1S/C11H18O/c1-9-4-3-5-11(7-6-9)8-10(2)12/h8-9H,3-7H2,1-2H3. The van der Waals surface area contributed by atoms with Crippen LogP contribution in [-0.2, 0) is 4.79 Å². The van der Waals surface area contributed by atoms with E-state index >= 15 is 0 Å². The van der Waals surface area contributed by atoms with Crippen molar-refractivity contribution in [3.8, 4) is 0 Å². The molecule has 0 saturated heterocycles. The first kappa shape index (κ1) is 9.50. The fraction of sp³-hybridized carbons (Fsp3) is 0.727. The van der Waals surface area contributed by atoms with Crippen LogP contribution in [0.2, 0.25) is 0 Å². The van der Waals surface area contributed by atoms with Crippen LogP contribution in [0.5, 0.6) is 0 Å². The van der Waals surface area contributed by atoms with Crippen molar-refractivity contribution in [3.63, 3.8) is 0 Å². The Morgan fingerprint density at radius 1 is 1.42 bits per heavy atom. The predicted octanol–water partition coefficient (Wildman–Crippen LogP) is 3.10. The van der Waals surface area contributed by atoms with Crippen LogP contribution in [0.4, 0.5) is 0 Å². The summed E-state index contributed by atoms with van der Waals surface area (Å²) < 4.78 is 0. The molecule has 0 N–H and O–H groups in total. The van der Waals surface area contributed by atoms with Gasteiger partial charge in [-0.2, -0.15) is 0 Å². The molecule has 1 heteroatoms. The van der Waals surface area contributed by atoms with Crippen LogP contribution in [0.1, 0.15) is 46.0 Å². The van der Waals surface area contributed by atoms with Crippen molar-refractivity contribution >= 4 is 5.78 Å². The molecule has 0 radical (unpaired) electrons. The molecule has 0 spiro atoms. The van der Waals surface area contributed by atoms with E-state index in [-0.39, 0.29) is 5.78 Å². The zero-order valence-electron chi connectivity index (χ0n) is 8.10. The summed E-state index contributed by atoms with van der Waals surface area (Å²) in [6, 6.07) is 0. The highest BCUT2D eigenvalue weighted by Gasteiger charge is 2.10. The molecule has 1 rings (SSSR count). The zero-order valence-corrected chi connectivity index (χ0v) is 8.10. The smallest absolute Gasteiger partial charge is 0.152 e. The minimum atomic E-state index is 0.208. The van der Waals surface area contributed by atoms with Gasteiger partial charge in [-0.25, -0.2) is 0 Å². The van der Waals surface area contributed by atoms with Gasteiger partial charge in [-0.3, -0.25) is 4.79 Å². The Kier molecular flexibility index (Phi) is 3.51. The summed E-state index contributed by atoms with van der Waals surface area (Å²) in [6.45, 7) is 3.94. The van der Waals surface area contributed by atoms with Gasteiger partial charge in [0.1, 0.15) is 0 Å². The lowest BCUT2D eigenvalue weighted by molar-refractivity contribution is -0.112. The van der Waals surface area contributed by atoms with Gasteiger partial charge in [0.05, 0.1) is 0 Å². The molecule has 1 atom stereocenters. The van der Waals surface area contributed by atoms with Gasteiger partial charge >= 0.3 is 0 Å². The number of carbonyl (C=O) groups excluding carboxylic acids is 1. The van der Waals surface area contributed by atoms with Gasteiger partial charge in [-0.15, -0.1) is 0 Å². The Bertz CT molecular complexity index is 191. The van der Waals surface area contributed by atoms with Crippen LogP contribution in [0.3, 0.4) is 0 Å². The van der Waals surface area contributed by atoms with Crippen molar-refractivity contribution in [2.45, 2.75) is 46.0 Å². The van der Waals surface area contributed by atoms with Crippen molar-refractivity contribution in [1.29, 1.82) is 0 Å². The normalized spacial score (nSPS) is 28.5. The highest BCUT2D eigenvalue weighted by atomic mass is 16.1. The average molecular weight is 166 g/mol. The molecule has 68 valence electrons. The van der Waals surface area contributed by atoms with Gasteiger partial charge < -0.3 is 0 Å². The first-order valence-electron chi connectivity index (χ1n) is 4.88. The van der Waals surface area contributed by atoms with Gasteiger partial charge in [0.2, 0.25) is 0 Å². The number of hydrogen-bond acceptors (Lipinski definition) is 1. The molecule has 0 amide bonds. The molecular weight excluding hydrogens is 148 g/mol. The molecule has 0 aromatic rings. The monoisotopic (exact) mass is 166 g/mol. The first-order chi connectivity index (χ1) is 5.68. The summed E-state index contributed by atoms with van der Waals surface area (Å²) in [5.41, 5.74) is 1.37. The average Bonchev–Trinajstić information content (AvgIpc) is 2.15. The second-order valence-electron chi connectivity index (χ2n) is 3.95. The van der Waals surface area contributed by atoms with Crippen molar-refractivity contribution in [1.82, 2.24) is 0 Å². The molecule has 0 heterocycles. The van der Waals surface area contributed by atoms with Crippen molar-refractivity contribution < 1.29 is 4.79 Å². The highest BCUT2D eigenvalue weighted by molar-refractivity contribution is 5.87. The van der Waals surface area contributed by atoms with Crippen LogP contribution in [0.25, 0.3) is 0 Å². The molecule has 1 aliphatic rings. The van der Waals surface area contributed by atoms with E-state index in [0.29, 0.717) is 0 Å². The molecular formula is C11H18O. The lowest BCUT2D eigenvalue weighted by Gasteiger charge is -2.03. The third-order valence-corrected chi connectivity index (χ3v) is 2.56. The Morgan fingerprint density at radius 3 is 2.83 bits per heavy atom. The molecule has 1 unspecified atom stereocenters. The number of allylic oxidation sites excluding steroid dienone is 2. The molecule has 1 aliphatic carbocycles. The van der Waals surface area contributed by atoms with E-state index in [0.717, 1.165) is 18.8 Å². The van der Waals surface area contributed by atoms with Gasteiger partial charge in [0.15, 0.2) is 5.78 Å². The summed E-state index contributed by atoms with van der Waals surface area (Å²) in [5.74, 6) is 1.06. The maximum absolute atomic E-state index is 10.8. The summed E-state index contributed by atoms with van der Waals surface area (Å²) in [4.78, 5) is 10.8. The van der Waals surface area contributed by atoms with Crippen LogP contribution >= 0.6 is 0 Å². The topological polar surface area (TPSA) is 17.1 Å². The number of hydrogen-bond donors (Lipinski definition) is 0. The third kappa shape index (κ3) is 3.21. The maximum atomic E-state index is 10.8. The SMILES string of the molecule is CC(=O)C=C1CCCC(C)CC1. The second-order valence-corrected chi connectivity index (χ2v) is 3.95. The van der Waals surface area contributed by atoms with Gasteiger partial charge in [0, 0.05) is 0 Å². The maximum Gasteiger partial charge on any atom is 0.152 e. The lowest BCUT2D eigenvalue weighted by Crippen LogP contribution is -1.90. The predicted molar refractivity (Wildman–Crippen MR) is 51.0 cm³/mol. The largest absolute Gasteiger partial charge is 0.295 e. The van der Waals surface area contributed by atoms with E-state index in [1.54, 1.807) is 6.92 Å². The van der Waals surface area contributed by atoms with E-state index in [2.05, 4.69) is 6.92 Å². The fourth-order valence-corrected chi connectivity index (χ4v) is 1.81. The molecule has 1 saturated carbocycles. The molecule has 0 aliphatic heterocycles. The Labute approximate surface area is 74.9 Å². The van der Waals surface area contributed by atoms with Crippen LogP contribution < -0.4 is 0 Å². The molecule has 0 aromatic heterocycles. The second kappa shape index (κ2) is 4.44. The Balaban J connectivity index is 2.51.